The average Bonchev–Trinajstić information content (AvgIpc) is 3.71. The zero-order valence-electron chi connectivity index (χ0n) is 30.9. The van der Waals surface area contributed by atoms with Crippen molar-refractivity contribution in [2.75, 3.05) is 0 Å². The van der Waals surface area contributed by atoms with Gasteiger partial charge in [-0.1, -0.05) is 148 Å². The molecule has 2 atom stereocenters. The van der Waals surface area contributed by atoms with Crippen LogP contribution in [0.1, 0.15) is 60.4 Å². The molecule has 260 valence electrons. The van der Waals surface area contributed by atoms with Crippen molar-refractivity contribution in [3.8, 4) is 33.5 Å². The van der Waals surface area contributed by atoms with E-state index in [1.165, 1.54) is 81.0 Å². The van der Waals surface area contributed by atoms with Crippen molar-refractivity contribution in [3.05, 3.63) is 198 Å². The number of fused-ring (bicyclic) bond motifs is 8. The van der Waals surface area contributed by atoms with Gasteiger partial charge in [-0.25, -0.2) is 0 Å². The van der Waals surface area contributed by atoms with Crippen LogP contribution in [0, 0.1) is 0 Å². The molecule has 2 heteroatoms. The van der Waals surface area contributed by atoms with Crippen LogP contribution in [0.5, 0.6) is 0 Å². The number of nitrogens with zero attached hydrogens (tertiary/aromatic N) is 1. The van der Waals surface area contributed by atoms with E-state index >= 15 is 0 Å². The molecule has 0 saturated heterocycles. The lowest BCUT2D eigenvalue weighted by Crippen LogP contribution is -2.17. The molecule has 0 amide bonds. The predicted molar refractivity (Wildman–Crippen MR) is 231 cm³/mol. The van der Waals surface area contributed by atoms with Gasteiger partial charge in [-0.15, -0.1) is 11.3 Å². The highest BCUT2D eigenvalue weighted by atomic mass is 32.1. The van der Waals surface area contributed by atoms with Gasteiger partial charge < -0.3 is 0 Å². The van der Waals surface area contributed by atoms with Gasteiger partial charge in [-0.05, 0) is 115 Å². The first-order chi connectivity index (χ1) is 26.4. The molecule has 0 bridgehead atoms. The van der Waals surface area contributed by atoms with E-state index in [-0.39, 0.29) is 5.41 Å². The third kappa shape index (κ3) is 5.39. The van der Waals surface area contributed by atoms with Gasteiger partial charge in [-0.2, -0.15) is 0 Å². The van der Waals surface area contributed by atoms with Crippen molar-refractivity contribution in [3.63, 3.8) is 0 Å². The van der Waals surface area contributed by atoms with Gasteiger partial charge in [0.05, 0.1) is 5.69 Å². The van der Waals surface area contributed by atoms with Crippen molar-refractivity contribution < 1.29 is 0 Å². The standard InChI is InChI=1S/C52H41NS/c1-33(44(28-34-14-5-4-6-15-34)37-24-25-41-40-19-9-10-22-49(40)54-50(41)31-37)35-23-26-43-46(30-35)52(2,3)47-32-45(39-18-7-8-20-42(39)51(43)47)36-16-13-17-38(29-36)48-21-11-12-27-53-48/h4-27,29-33,44H,28H2,1-3H3. The largest absolute Gasteiger partial charge is 0.256 e. The Kier molecular flexibility index (Phi) is 7.85. The highest BCUT2D eigenvalue weighted by Gasteiger charge is 2.38. The molecule has 0 aliphatic heterocycles. The van der Waals surface area contributed by atoms with Crippen LogP contribution in [-0.2, 0) is 11.8 Å². The molecule has 2 aromatic heterocycles. The van der Waals surface area contributed by atoms with Crippen LogP contribution in [0.3, 0.4) is 0 Å². The topological polar surface area (TPSA) is 12.9 Å². The molecule has 9 aromatic rings. The molecule has 10 rings (SSSR count). The second-order valence-corrected chi connectivity index (χ2v) is 16.6. The highest BCUT2D eigenvalue weighted by Crippen LogP contribution is 2.54. The fourth-order valence-electron chi connectivity index (χ4n) is 9.16. The molecule has 1 aliphatic rings. The van der Waals surface area contributed by atoms with Gasteiger partial charge >= 0.3 is 0 Å². The summed E-state index contributed by atoms with van der Waals surface area (Å²) in [5.74, 6) is 0.634. The number of benzene rings is 7. The first kappa shape index (κ1) is 32.8. The summed E-state index contributed by atoms with van der Waals surface area (Å²) >= 11 is 1.91. The van der Waals surface area contributed by atoms with Crippen LogP contribution < -0.4 is 0 Å². The third-order valence-corrected chi connectivity index (χ3v) is 13.2. The Hall–Kier alpha value is -5.83. The summed E-state index contributed by atoms with van der Waals surface area (Å²) in [7, 11) is 0. The lowest BCUT2D eigenvalue weighted by molar-refractivity contribution is 0.570. The van der Waals surface area contributed by atoms with Gasteiger partial charge in [0.1, 0.15) is 0 Å². The smallest absolute Gasteiger partial charge is 0.0702 e. The van der Waals surface area contributed by atoms with E-state index in [2.05, 4.69) is 183 Å². The van der Waals surface area contributed by atoms with E-state index in [9.17, 15) is 0 Å². The number of pyridine rings is 1. The van der Waals surface area contributed by atoms with Gasteiger partial charge in [0, 0.05) is 37.3 Å². The average molecular weight is 712 g/mol. The van der Waals surface area contributed by atoms with Crippen LogP contribution in [-0.4, -0.2) is 4.98 Å². The quantitative estimate of drug-likeness (QED) is 0.160. The van der Waals surface area contributed by atoms with Gasteiger partial charge in [-0.3, -0.25) is 4.98 Å². The molecular formula is C52H41NS. The van der Waals surface area contributed by atoms with E-state index in [1.54, 1.807) is 0 Å². The van der Waals surface area contributed by atoms with Gasteiger partial charge in [0.2, 0.25) is 0 Å². The fraction of sp³-hybridized carbons (Fsp3) is 0.135. The Bertz CT molecular complexity index is 2850. The first-order valence-corrected chi connectivity index (χ1v) is 19.9. The lowest BCUT2D eigenvalue weighted by atomic mass is 9.76. The summed E-state index contributed by atoms with van der Waals surface area (Å²) in [4.78, 5) is 4.65. The van der Waals surface area contributed by atoms with Crippen LogP contribution in [0.15, 0.2) is 170 Å². The van der Waals surface area contributed by atoms with Crippen LogP contribution in [0.2, 0.25) is 0 Å². The van der Waals surface area contributed by atoms with Crippen molar-refractivity contribution in [2.45, 2.75) is 44.4 Å². The maximum Gasteiger partial charge on any atom is 0.0702 e. The lowest BCUT2D eigenvalue weighted by Gasteiger charge is -2.28. The maximum atomic E-state index is 4.65. The summed E-state index contributed by atoms with van der Waals surface area (Å²) in [6, 6.07) is 61.0. The summed E-state index contributed by atoms with van der Waals surface area (Å²) in [5.41, 5.74) is 14.2. The SMILES string of the molecule is CC(c1ccc2c(c1)C(C)(C)c1cc(-c3cccc(-c4ccccn4)c3)c3ccccc3c1-2)C(Cc1ccccc1)c1ccc2c(c1)sc1ccccc12. The summed E-state index contributed by atoms with van der Waals surface area (Å²) in [5, 5.41) is 5.32. The molecular weight excluding hydrogens is 671 g/mol. The van der Waals surface area contributed by atoms with Crippen LogP contribution in [0.4, 0.5) is 0 Å². The summed E-state index contributed by atoms with van der Waals surface area (Å²) in [6.45, 7) is 7.29. The second kappa shape index (κ2) is 12.9. The number of hydrogen-bond donors (Lipinski definition) is 0. The van der Waals surface area contributed by atoms with E-state index < -0.39 is 0 Å². The highest BCUT2D eigenvalue weighted by molar-refractivity contribution is 7.25. The Morgan fingerprint density at radius 3 is 2.09 bits per heavy atom. The Morgan fingerprint density at radius 2 is 1.26 bits per heavy atom. The molecule has 1 aliphatic carbocycles. The van der Waals surface area contributed by atoms with E-state index in [1.807, 2.05) is 23.6 Å². The van der Waals surface area contributed by atoms with Crippen molar-refractivity contribution >= 4 is 42.3 Å². The minimum absolute atomic E-state index is 0.164. The molecule has 2 unspecified atom stereocenters. The van der Waals surface area contributed by atoms with Crippen molar-refractivity contribution in [1.82, 2.24) is 4.98 Å². The number of thiophene rings is 1. The van der Waals surface area contributed by atoms with Crippen LogP contribution >= 0.6 is 11.3 Å². The Labute approximate surface area is 321 Å². The number of hydrogen-bond acceptors (Lipinski definition) is 2. The minimum atomic E-state index is -0.164. The number of rotatable bonds is 7. The monoisotopic (exact) mass is 711 g/mol. The van der Waals surface area contributed by atoms with Gasteiger partial charge in [0.25, 0.3) is 0 Å². The minimum Gasteiger partial charge on any atom is -0.256 e. The van der Waals surface area contributed by atoms with E-state index in [4.69, 9.17) is 0 Å². The normalized spacial score (nSPS) is 14.3. The summed E-state index contributed by atoms with van der Waals surface area (Å²) in [6.07, 6.45) is 2.86. The molecule has 0 fully saturated rings. The molecule has 0 saturated carbocycles. The fourth-order valence-corrected chi connectivity index (χ4v) is 10.3. The van der Waals surface area contributed by atoms with E-state index in [0.29, 0.717) is 11.8 Å². The van der Waals surface area contributed by atoms with Crippen molar-refractivity contribution in [1.29, 1.82) is 0 Å². The molecule has 0 N–H and O–H groups in total. The maximum absolute atomic E-state index is 4.65. The number of aromatic nitrogens is 1. The molecule has 0 radical (unpaired) electrons. The van der Waals surface area contributed by atoms with Crippen molar-refractivity contribution in [2.24, 2.45) is 0 Å². The summed E-state index contributed by atoms with van der Waals surface area (Å²) < 4.78 is 2.73. The third-order valence-electron chi connectivity index (χ3n) is 12.1. The Morgan fingerprint density at radius 1 is 0.537 bits per heavy atom. The molecule has 54 heavy (non-hydrogen) atoms. The molecule has 7 aromatic carbocycles. The zero-order chi connectivity index (χ0) is 36.4. The molecule has 2 heterocycles. The first-order valence-electron chi connectivity index (χ1n) is 19.1. The van der Waals surface area contributed by atoms with Gasteiger partial charge in [0.15, 0.2) is 0 Å². The predicted octanol–water partition coefficient (Wildman–Crippen LogP) is 14.4. The van der Waals surface area contributed by atoms with E-state index in [0.717, 1.165) is 17.7 Å². The Balaban J connectivity index is 1.08. The molecule has 0 spiro atoms. The zero-order valence-corrected chi connectivity index (χ0v) is 31.7. The second-order valence-electron chi connectivity index (χ2n) is 15.6. The van der Waals surface area contributed by atoms with Crippen LogP contribution in [0.25, 0.3) is 64.5 Å². The molecule has 1 nitrogen and oxygen atoms in total.